The zero-order chi connectivity index (χ0) is 22.3. The second kappa shape index (κ2) is 11.0. The molecule has 0 aromatic rings. The minimum absolute atomic E-state index is 0.0960. The molecule has 30 heavy (non-hydrogen) atoms. The van der Waals surface area contributed by atoms with Crippen LogP contribution in [0.3, 0.4) is 0 Å². The summed E-state index contributed by atoms with van der Waals surface area (Å²) >= 11 is 0. The maximum absolute atomic E-state index is 13.3. The quantitative estimate of drug-likeness (QED) is 0.579. The van der Waals surface area contributed by atoms with E-state index in [0.29, 0.717) is 31.8 Å². The molecule has 2 aliphatic rings. The maximum atomic E-state index is 13.3. The topological polar surface area (TPSA) is 114 Å². The number of hydrogen-bond acceptors (Lipinski definition) is 5. The van der Waals surface area contributed by atoms with Crippen molar-refractivity contribution in [2.24, 2.45) is 17.1 Å². The van der Waals surface area contributed by atoms with Crippen molar-refractivity contribution in [1.29, 1.82) is 0 Å². The highest BCUT2D eigenvalue weighted by atomic mass is 16.5. The molecule has 8 heteroatoms. The summed E-state index contributed by atoms with van der Waals surface area (Å²) in [6.07, 6.45) is 5.37. The summed E-state index contributed by atoms with van der Waals surface area (Å²) in [6, 6.07) is -0.904. The highest BCUT2D eigenvalue weighted by Gasteiger charge is 2.39. The molecule has 0 spiro atoms. The largest absolute Gasteiger partial charge is 0.450 e. The van der Waals surface area contributed by atoms with E-state index in [1.54, 1.807) is 11.8 Å². The highest BCUT2D eigenvalue weighted by Crippen LogP contribution is 2.26. The van der Waals surface area contributed by atoms with Gasteiger partial charge in [0.15, 0.2) is 0 Å². The average molecular weight is 425 g/mol. The molecule has 8 nitrogen and oxygen atoms in total. The Labute approximate surface area is 180 Å². The highest BCUT2D eigenvalue weighted by molar-refractivity contribution is 5.91. The second-order valence-corrected chi connectivity index (χ2v) is 9.90. The van der Waals surface area contributed by atoms with Crippen molar-refractivity contribution in [2.45, 2.75) is 90.8 Å². The lowest BCUT2D eigenvalue weighted by molar-refractivity contribution is -0.140. The molecule has 2 atom stereocenters. The van der Waals surface area contributed by atoms with Crippen LogP contribution in [0.1, 0.15) is 72.6 Å². The number of nitrogens with two attached hydrogens (primary N) is 1. The van der Waals surface area contributed by atoms with E-state index in [1.165, 1.54) is 0 Å². The van der Waals surface area contributed by atoms with Gasteiger partial charge in [0.2, 0.25) is 11.8 Å². The van der Waals surface area contributed by atoms with Gasteiger partial charge in [-0.2, -0.15) is 0 Å². The molecule has 2 rings (SSSR count). The van der Waals surface area contributed by atoms with E-state index in [0.717, 1.165) is 32.1 Å². The van der Waals surface area contributed by atoms with Crippen LogP contribution in [-0.2, 0) is 14.3 Å². The van der Waals surface area contributed by atoms with E-state index < -0.39 is 18.2 Å². The molecular formula is C22H40N4O4. The van der Waals surface area contributed by atoms with Crippen molar-refractivity contribution in [3.8, 4) is 0 Å². The SMILES string of the molecule is CCOC(=O)N[C@H](CC(C)(C)C)C(=O)N1CCC[C@H]1C(=O)NCC1CCC(N)CC1. The van der Waals surface area contributed by atoms with E-state index in [-0.39, 0.29) is 29.9 Å². The molecule has 1 aliphatic carbocycles. The molecule has 0 radical (unpaired) electrons. The smallest absolute Gasteiger partial charge is 0.407 e. The predicted molar refractivity (Wildman–Crippen MR) is 116 cm³/mol. The minimum atomic E-state index is -0.711. The summed E-state index contributed by atoms with van der Waals surface area (Å²) in [5, 5.41) is 5.76. The number of likely N-dealkylation sites (tertiary alicyclic amines) is 1. The normalized spacial score (nSPS) is 25.5. The number of ether oxygens (including phenoxy) is 1. The molecule has 1 saturated heterocycles. The Morgan fingerprint density at radius 3 is 2.40 bits per heavy atom. The molecule has 1 saturated carbocycles. The molecule has 172 valence electrons. The van der Waals surface area contributed by atoms with Crippen molar-refractivity contribution < 1.29 is 19.1 Å². The number of rotatable bonds is 7. The van der Waals surface area contributed by atoms with Crippen molar-refractivity contribution in [1.82, 2.24) is 15.5 Å². The van der Waals surface area contributed by atoms with Crippen molar-refractivity contribution >= 4 is 17.9 Å². The Bertz CT molecular complexity index is 596. The fourth-order valence-corrected chi connectivity index (χ4v) is 4.39. The van der Waals surface area contributed by atoms with Gasteiger partial charge in [0.05, 0.1) is 6.61 Å². The lowest BCUT2D eigenvalue weighted by atomic mass is 9.86. The van der Waals surface area contributed by atoms with Gasteiger partial charge in [-0.05, 0) is 63.2 Å². The fourth-order valence-electron chi connectivity index (χ4n) is 4.39. The number of nitrogens with zero attached hydrogens (tertiary/aromatic N) is 1. The monoisotopic (exact) mass is 424 g/mol. The lowest BCUT2D eigenvalue weighted by Gasteiger charge is -2.32. The van der Waals surface area contributed by atoms with E-state index in [2.05, 4.69) is 10.6 Å². The third-order valence-corrected chi connectivity index (χ3v) is 5.98. The Morgan fingerprint density at radius 1 is 1.13 bits per heavy atom. The van der Waals surface area contributed by atoms with Crippen LogP contribution in [0.15, 0.2) is 0 Å². The first kappa shape index (κ1) is 24.4. The molecule has 1 heterocycles. The first-order valence-corrected chi connectivity index (χ1v) is 11.4. The average Bonchev–Trinajstić information content (AvgIpc) is 3.15. The summed E-state index contributed by atoms with van der Waals surface area (Å²) in [4.78, 5) is 39.8. The lowest BCUT2D eigenvalue weighted by Crippen LogP contribution is -2.54. The van der Waals surface area contributed by atoms with Gasteiger partial charge < -0.3 is 26.0 Å². The third kappa shape index (κ3) is 7.45. The van der Waals surface area contributed by atoms with Gasteiger partial charge in [-0.25, -0.2) is 4.79 Å². The maximum Gasteiger partial charge on any atom is 0.407 e. The van der Waals surface area contributed by atoms with Gasteiger partial charge in [-0.3, -0.25) is 9.59 Å². The molecular weight excluding hydrogens is 384 g/mol. The van der Waals surface area contributed by atoms with E-state index in [4.69, 9.17) is 10.5 Å². The van der Waals surface area contributed by atoms with Crippen LogP contribution in [0.5, 0.6) is 0 Å². The molecule has 0 bridgehead atoms. The Hall–Kier alpha value is -1.83. The zero-order valence-electron chi connectivity index (χ0n) is 19.0. The van der Waals surface area contributed by atoms with Crippen molar-refractivity contribution in [3.05, 3.63) is 0 Å². The number of alkyl carbamates (subject to hydrolysis) is 1. The number of carbonyl (C=O) groups is 3. The number of nitrogens with one attached hydrogen (secondary N) is 2. The van der Waals surface area contributed by atoms with Gasteiger partial charge in [0.25, 0.3) is 0 Å². The standard InChI is InChI=1S/C22H40N4O4/c1-5-30-21(29)25-17(13-22(2,3)4)20(28)26-12-6-7-18(26)19(27)24-14-15-8-10-16(23)11-9-15/h15-18H,5-14,23H2,1-4H3,(H,24,27)(H,25,29)/t15?,16?,17-,18+/m1/s1. The molecule has 0 unspecified atom stereocenters. The van der Waals surface area contributed by atoms with Gasteiger partial charge in [-0.15, -0.1) is 0 Å². The number of amides is 3. The summed E-state index contributed by atoms with van der Waals surface area (Å²) < 4.78 is 4.98. The third-order valence-electron chi connectivity index (χ3n) is 5.98. The van der Waals surface area contributed by atoms with E-state index in [1.807, 2.05) is 20.8 Å². The molecule has 1 aliphatic heterocycles. The summed E-state index contributed by atoms with van der Waals surface area (Å²) in [5.41, 5.74) is 5.79. The molecule has 3 amide bonds. The molecule has 0 aromatic heterocycles. The summed E-state index contributed by atoms with van der Waals surface area (Å²) in [6.45, 7) is 9.18. The first-order chi connectivity index (χ1) is 14.1. The molecule has 0 aromatic carbocycles. The van der Waals surface area contributed by atoms with Crippen LogP contribution in [0.4, 0.5) is 4.79 Å². The van der Waals surface area contributed by atoms with Gasteiger partial charge in [-0.1, -0.05) is 20.8 Å². The Kier molecular flexibility index (Phi) is 8.94. The van der Waals surface area contributed by atoms with Crippen LogP contribution < -0.4 is 16.4 Å². The van der Waals surface area contributed by atoms with Gasteiger partial charge in [0, 0.05) is 19.1 Å². The van der Waals surface area contributed by atoms with Gasteiger partial charge >= 0.3 is 6.09 Å². The summed E-state index contributed by atoms with van der Waals surface area (Å²) in [5.74, 6) is 0.152. The van der Waals surface area contributed by atoms with Crippen molar-refractivity contribution in [2.75, 3.05) is 19.7 Å². The van der Waals surface area contributed by atoms with Crippen LogP contribution in [0.2, 0.25) is 0 Å². The van der Waals surface area contributed by atoms with E-state index >= 15 is 0 Å². The zero-order valence-corrected chi connectivity index (χ0v) is 19.0. The second-order valence-electron chi connectivity index (χ2n) is 9.90. The van der Waals surface area contributed by atoms with Crippen LogP contribution in [0.25, 0.3) is 0 Å². The number of hydrogen-bond donors (Lipinski definition) is 3. The molecule has 2 fully saturated rings. The van der Waals surface area contributed by atoms with Crippen LogP contribution in [0, 0.1) is 11.3 Å². The predicted octanol–water partition coefficient (Wildman–Crippen LogP) is 2.16. The van der Waals surface area contributed by atoms with E-state index in [9.17, 15) is 14.4 Å². The summed E-state index contributed by atoms with van der Waals surface area (Å²) in [7, 11) is 0. The van der Waals surface area contributed by atoms with Crippen LogP contribution >= 0.6 is 0 Å². The minimum Gasteiger partial charge on any atom is -0.450 e. The number of carbonyl (C=O) groups excluding carboxylic acids is 3. The molecule has 4 N–H and O–H groups in total. The Balaban J connectivity index is 1.98. The van der Waals surface area contributed by atoms with Crippen molar-refractivity contribution in [3.63, 3.8) is 0 Å². The van der Waals surface area contributed by atoms with Crippen LogP contribution in [-0.4, -0.2) is 60.6 Å². The fraction of sp³-hybridized carbons (Fsp3) is 0.864. The Morgan fingerprint density at radius 2 is 1.80 bits per heavy atom. The van der Waals surface area contributed by atoms with Gasteiger partial charge in [0.1, 0.15) is 12.1 Å². The first-order valence-electron chi connectivity index (χ1n) is 11.4.